The van der Waals surface area contributed by atoms with Crippen molar-refractivity contribution in [2.75, 3.05) is 25.6 Å². The quantitative estimate of drug-likeness (QED) is 0.476. The lowest BCUT2D eigenvalue weighted by atomic mass is 9.95. The second kappa shape index (κ2) is 9.22. The Hall–Kier alpha value is -2.32. The zero-order valence-corrected chi connectivity index (χ0v) is 18.7. The van der Waals surface area contributed by atoms with Gasteiger partial charge < -0.3 is 19.5 Å². The van der Waals surface area contributed by atoms with Gasteiger partial charge in [0.1, 0.15) is 0 Å². The number of thiophene rings is 2. The fourth-order valence-electron chi connectivity index (χ4n) is 3.87. The SMILES string of the molecule is CCOC(=O)COc1c(C(=O)OC)sc2c1sc1c(NC3CCCCC3)cccc12. The molecule has 1 aliphatic rings. The van der Waals surface area contributed by atoms with Crippen LogP contribution in [0.1, 0.15) is 48.7 Å². The molecular weight excluding hydrogens is 422 g/mol. The van der Waals surface area contributed by atoms with Crippen LogP contribution in [0.25, 0.3) is 19.5 Å². The van der Waals surface area contributed by atoms with Gasteiger partial charge in [-0.15, -0.1) is 22.7 Å². The minimum atomic E-state index is -0.466. The summed E-state index contributed by atoms with van der Waals surface area (Å²) in [5.41, 5.74) is 1.11. The molecule has 2 heterocycles. The Balaban J connectivity index is 1.73. The summed E-state index contributed by atoms with van der Waals surface area (Å²) >= 11 is 2.92. The standard InChI is InChI=1S/C22H25NO5S2/c1-3-27-16(24)12-28-17-20-19(30-21(17)22(25)26-2)14-10-7-11-15(18(14)29-20)23-13-8-5-4-6-9-13/h7,10-11,13,23H,3-6,8-9,12H2,1-2H3. The van der Waals surface area contributed by atoms with Gasteiger partial charge in [-0.05, 0) is 25.8 Å². The first-order valence-corrected chi connectivity index (χ1v) is 11.9. The molecule has 4 rings (SSSR count). The topological polar surface area (TPSA) is 73.9 Å². The molecule has 6 nitrogen and oxygen atoms in total. The number of fused-ring (bicyclic) bond motifs is 3. The van der Waals surface area contributed by atoms with Crippen LogP contribution in [0.2, 0.25) is 0 Å². The first-order valence-electron chi connectivity index (χ1n) is 10.2. The summed E-state index contributed by atoms with van der Waals surface area (Å²) in [6.45, 7) is 1.78. The van der Waals surface area contributed by atoms with Crippen LogP contribution in [0.5, 0.6) is 5.75 Å². The van der Waals surface area contributed by atoms with E-state index < -0.39 is 11.9 Å². The highest BCUT2D eigenvalue weighted by molar-refractivity contribution is 7.34. The maximum atomic E-state index is 12.3. The molecule has 1 aromatic carbocycles. The highest BCUT2D eigenvalue weighted by atomic mass is 32.1. The maximum Gasteiger partial charge on any atom is 0.351 e. The van der Waals surface area contributed by atoms with E-state index in [1.807, 2.05) is 6.07 Å². The zero-order chi connectivity index (χ0) is 21.1. The van der Waals surface area contributed by atoms with Crippen molar-refractivity contribution in [3.8, 4) is 5.75 Å². The van der Waals surface area contributed by atoms with Gasteiger partial charge in [0, 0.05) is 11.4 Å². The number of carbonyl (C=O) groups is 2. The molecule has 0 aliphatic heterocycles. The number of rotatable bonds is 7. The number of anilines is 1. The van der Waals surface area contributed by atoms with Crippen LogP contribution < -0.4 is 10.1 Å². The molecule has 1 N–H and O–H groups in total. The highest BCUT2D eigenvalue weighted by Crippen LogP contribution is 2.49. The first-order chi connectivity index (χ1) is 14.6. The minimum absolute atomic E-state index is 0.245. The zero-order valence-electron chi connectivity index (χ0n) is 17.1. The van der Waals surface area contributed by atoms with E-state index in [0.29, 0.717) is 16.7 Å². The third-order valence-corrected chi connectivity index (χ3v) is 7.81. The average molecular weight is 448 g/mol. The number of benzene rings is 1. The Morgan fingerprint density at radius 3 is 2.63 bits per heavy atom. The van der Waals surface area contributed by atoms with Crippen LogP contribution in [-0.4, -0.2) is 38.3 Å². The molecule has 1 saturated carbocycles. The molecule has 0 spiro atoms. The number of methoxy groups -OCH3 is 1. The highest BCUT2D eigenvalue weighted by Gasteiger charge is 2.26. The molecule has 0 amide bonds. The van der Waals surface area contributed by atoms with Crippen LogP contribution in [0, 0.1) is 0 Å². The van der Waals surface area contributed by atoms with E-state index in [1.165, 1.54) is 50.6 Å². The summed E-state index contributed by atoms with van der Waals surface area (Å²) in [4.78, 5) is 24.5. The number of hydrogen-bond donors (Lipinski definition) is 1. The summed E-state index contributed by atoms with van der Waals surface area (Å²) in [5.74, 6) is -0.528. The molecule has 3 aromatic rings. The van der Waals surface area contributed by atoms with E-state index in [1.54, 1.807) is 18.3 Å². The van der Waals surface area contributed by atoms with Gasteiger partial charge >= 0.3 is 11.9 Å². The minimum Gasteiger partial charge on any atom is -0.479 e. The van der Waals surface area contributed by atoms with Crippen molar-refractivity contribution in [1.29, 1.82) is 0 Å². The normalized spacial score (nSPS) is 14.7. The lowest BCUT2D eigenvalue weighted by Crippen LogP contribution is -2.22. The Bertz CT molecular complexity index is 1060. The Morgan fingerprint density at radius 1 is 1.10 bits per heavy atom. The van der Waals surface area contributed by atoms with E-state index in [0.717, 1.165) is 25.2 Å². The van der Waals surface area contributed by atoms with Gasteiger partial charge in [0.2, 0.25) is 0 Å². The smallest absolute Gasteiger partial charge is 0.351 e. The van der Waals surface area contributed by atoms with Gasteiger partial charge in [0.05, 0.1) is 33.5 Å². The van der Waals surface area contributed by atoms with Crippen molar-refractivity contribution in [2.45, 2.75) is 45.1 Å². The van der Waals surface area contributed by atoms with Crippen molar-refractivity contribution in [2.24, 2.45) is 0 Å². The number of carbonyl (C=O) groups excluding carboxylic acids is 2. The third kappa shape index (κ3) is 4.11. The molecular formula is C22H25NO5S2. The van der Waals surface area contributed by atoms with Crippen LogP contribution in [0.15, 0.2) is 18.2 Å². The van der Waals surface area contributed by atoms with Crippen molar-refractivity contribution in [1.82, 2.24) is 0 Å². The summed E-state index contributed by atoms with van der Waals surface area (Å²) in [7, 11) is 1.34. The molecule has 8 heteroatoms. The molecule has 30 heavy (non-hydrogen) atoms. The fourth-order valence-corrected chi connectivity index (χ4v) is 6.52. The number of nitrogens with one attached hydrogen (secondary N) is 1. The van der Waals surface area contributed by atoms with Crippen LogP contribution in [-0.2, 0) is 14.3 Å². The van der Waals surface area contributed by atoms with Crippen LogP contribution in [0.3, 0.4) is 0 Å². The van der Waals surface area contributed by atoms with Gasteiger partial charge in [-0.1, -0.05) is 31.4 Å². The number of hydrogen-bond acceptors (Lipinski definition) is 8. The fraction of sp³-hybridized carbons (Fsp3) is 0.455. The predicted molar refractivity (Wildman–Crippen MR) is 121 cm³/mol. The van der Waals surface area contributed by atoms with E-state index in [9.17, 15) is 9.59 Å². The van der Waals surface area contributed by atoms with Gasteiger partial charge in [0.15, 0.2) is 17.2 Å². The van der Waals surface area contributed by atoms with Gasteiger partial charge in [-0.3, -0.25) is 0 Å². The van der Waals surface area contributed by atoms with Crippen LogP contribution in [0.4, 0.5) is 5.69 Å². The summed E-state index contributed by atoms with van der Waals surface area (Å²) in [6.07, 6.45) is 6.23. The largest absolute Gasteiger partial charge is 0.479 e. The van der Waals surface area contributed by atoms with Gasteiger partial charge in [0.25, 0.3) is 0 Å². The monoisotopic (exact) mass is 447 g/mol. The van der Waals surface area contributed by atoms with Gasteiger partial charge in [-0.2, -0.15) is 0 Å². The van der Waals surface area contributed by atoms with Crippen molar-refractivity contribution in [3.05, 3.63) is 23.1 Å². The second-order valence-electron chi connectivity index (χ2n) is 7.27. The maximum absolute atomic E-state index is 12.3. The lowest BCUT2D eigenvalue weighted by Gasteiger charge is -2.24. The average Bonchev–Trinajstić information content (AvgIpc) is 3.30. The molecule has 0 bridgehead atoms. The van der Waals surface area contributed by atoms with Crippen LogP contribution >= 0.6 is 22.7 Å². The Morgan fingerprint density at radius 2 is 1.90 bits per heavy atom. The summed E-state index contributed by atoms with van der Waals surface area (Å²) < 4.78 is 18.6. The molecule has 2 aromatic heterocycles. The number of esters is 2. The van der Waals surface area contributed by atoms with Crippen molar-refractivity contribution >= 4 is 59.8 Å². The Kier molecular flexibility index (Phi) is 6.43. The molecule has 0 radical (unpaired) electrons. The van der Waals surface area contributed by atoms with E-state index >= 15 is 0 Å². The van der Waals surface area contributed by atoms with Gasteiger partial charge in [-0.25, -0.2) is 9.59 Å². The van der Waals surface area contributed by atoms with Crippen molar-refractivity contribution in [3.63, 3.8) is 0 Å². The first kappa shape index (κ1) is 20.9. The molecule has 0 atom stereocenters. The lowest BCUT2D eigenvalue weighted by molar-refractivity contribution is -0.145. The summed E-state index contributed by atoms with van der Waals surface area (Å²) in [6, 6.07) is 6.70. The van der Waals surface area contributed by atoms with E-state index in [-0.39, 0.29) is 13.2 Å². The van der Waals surface area contributed by atoms with Crippen molar-refractivity contribution < 1.29 is 23.8 Å². The molecule has 1 aliphatic carbocycles. The molecule has 1 fully saturated rings. The molecule has 0 saturated heterocycles. The molecule has 0 unspecified atom stereocenters. The third-order valence-electron chi connectivity index (χ3n) is 5.26. The Labute approximate surface area is 183 Å². The molecule has 160 valence electrons. The number of ether oxygens (including phenoxy) is 3. The van der Waals surface area contributed by atoms with E-state index in [2.05, 4.69) is 17.4 Å². The second-order valence-corrected chi connectivity index (χ2v) is 9.31. The van der Waals surface area contributed by atoms with E-state index in [4.69, 9.17) is 14.2 Å². The summed E-state index contributed by atoms with van der Waals surface area (Å²) in [5, 5.41) is 4.80. The predicted octanol–water partition coefficient (Wildman–Crippen LogP) is 5.59.